The summed E-state index contributed by atoms with van der Waals surface area (Å²) in [4.78, 5) is 23.1. The van der Waals surface area contributed by atoms with E-state index in [4.69, 9.17) is 26.2 Å². The van der Waals surface area contributed by atoms with E-state index in [9.17, 15) is 9.59 Å². The number of benzene rings is 1. The number of carbonyl (C=O) groups excluding carboxylic acids is 1. The number of carbonyl (C=O) groups is 2. The maximum atomic E-state index is 12.0. The molecule has 20 heavy (non-hydrogen) atoms. The van der Waals surface area contributed by atoms with Crippen LogP contribution < -0.4 is 14.8 Å². The van der Waals surface area contributed by atoms with Crippen molar-refractivity contribution in [1.29, 1.82) is 0 Å². The van der Waals surface area contributed by atoms with Crippen molar-refractivity contribution >= 4 is 29.2 Å². The number of rotatable bonds is 3. The predicted octanol–water partition coefficient (Wildman–Crippen LogP) is 1.91. The van der Waals surface area contributed by atoms with Crippen LogP contribution in [0.5, 0.6) is 11.5 Å². The highest BCUT2D eigenvalue weighted by Crippen LogP contribution is 2.47. The van der Waals surface area contributed by atoms with Gasteiger partial charge in [0.1, 0.15) is 18.6 Å². The lowest BCUT2D eigenvalue weighted by Gasteiger charge is -2.20. The van der Waals surface area contributed by atoms with Crippen molar-refractivity contribution in [3.05, 3.63) is 17.2 Å². The molecule has 1 aromatic rings. The van der Waals surface area contributed by atoms with E-state index in [1.165, 1.54) is 0 Å². The second kappa shape index (κ2) is 4.56. The molecule has 2 aliphatic rings. The van der Waals surface area contributed by atoms with Crippen LogP contribution in [0.4, 0.5) is 5.69 Å². The molecule has 6 nitrogen and oxygen atoms in total. The number of anilines is 1. The number of ether oxygens (including phenoxy) is 2. The molecular weight excluding hydrogens is 286 g/mol. The summed E-state index contributed by atoms with van der Waals surface area (Å²) >= 11 is 6.06. The van der Waals surface area contributed by atoms with Crippen molar-refractivity contribution in [3.8, 4) is 11.5 Å². The minimum atomic E-state index is -1.31. The smallest absolute Gasteiger partial charge is 0.319 e. The third kappa shape index (κ3) is 2.06. The van der Waals surface area contributed by atoms with E-state index >= 15 is 0 Å². The lowest BCUT2D eigenvalue weighted by Crippen LogP contribution is -2.31. The summed E-state index contributed by atoms with van der Waals surface area (Å²) in [5.74, 6) is -0.665. The van der Waals surface area contributed by atoms with Crippen LogP contribution in [-0.2, 0) is 9.59 Å². The number of amides is 1. The van der Waals surface area contributed by atoms with Gasteiger partial charge in [0.2, 0.25) is 5.91 Å². The van der Waals surface area contributed by atoms with Gasteiger partial charge in [0.05, 0.1) is 10.7 Å². The van der Waals surface area contributed by atoms with E-state index in [-0.39, 0.29) is 5.02 Å². The number of aliphatic carboxylic acids is 1. The zero-order chi connectivity index (χ0) is 14.3. The topological polar surface area (TPSA) is 84.9 Å². The van der Waals surface area contributed by atoms with Crippen LogP contribution in [0.2, 0.25) is 5.02 Å². The Morgan fingerprint density at radius 2 is 1.80 bits per heavy atom. The highest BCUT2D eigenvalue weighted by Gasteiger charge is 2.57. The molecule has 0 radical (unpaired) electrons. The Bertz CT molecular complexity index is 597. The van der Waals surface area contributed by atoms with E-state index in [1.807, 2.05) is 0 Å². The molecule has 1 saturated carbocycles. The Morgan fingerprint density at radius 3 is 2.35 bits per heavy atom. The third-order valence-corrected chi connectivity index (χ3v) is 3.79. The van der Waals surface area contributed by atoms with Crippen LogP contribution in [-0.4, -0.2) is 30.2 Å². The Balaban J connectivity index is 1.84. The van der Waals surface area contributed by atoms with Crippen molar-refractivity contribution in [2.24, 2.45) is 5.41 Å². The molecule has 1 aliphatic heterocycles. The number of hydrogen-bond acceptors (Lipinski definition) is 4. The molecular formula is C13H12ClNO5. The van der Waals surface area contributed by atoms with Crippen LogP contribution in [0, 0.1) is 5.41 Å². The molecule has 1 aliphatic carbocycles. The third-order valence-electron chi connectivity index (χ3n) is 3.47. The van der Waals surface area contributed by atoms with Gasteiger partial charge in [-0.2, -0.15) is 0 Å². The number of carboxylic acids is 1. The van der Waals surface area contributed by atoms with Gasteiger partial charge in [-0.15, -0.1) is 0 Å². The Hall–Kier alpha value is -1.95. The first-order valence-electron chi connectivity index (χ1n) is 6.17. The van der Waals surface area contributed by atoms with Crippen molar-refractivity contribution < 1.29 is 24.2 Å². The average Bonchev–Trinajstić information content (AvgIpc) is 3.21. The van der Waals surface area contributed by atoms with E-state index in [0.717, 1.165) is 0 Å². The number of fused-ring (bicyclic) bond motifs is 1. The number of carboxylic acid groups (broad SMARTS) is 1. The number of nitrogens with one attached hydrogen (secondary N) is 1. The molecule has 0 spiro atoms. The first-order chi connectivity index (χ1) is 9.53. The molecule has 0 bridgehead atoms. The predicted molar refractivity (Wildman–Crippen MR) is 70.4 cm³/mol. The average molecular weight is 298 g/mol. The lowest BCUT2D eigenvalue weighted by atomic mass is 10.1. The summed E-state index contributed by atoms with van der Waals surface area (Å²) in [6.45, 7) is 0.859. The summed E-state index contributed by atoms with van der Waals surface area (Å²) in [6.07, 6.45) is 0.687. The number of halogens is 1. The van der Waals surface area contributed by atoms with Crippen molar-refractivity contribution in [1.82, 2.24) is 0 Å². The molecule has 3 rings (SSSR count). The Morgan fingerprint density at radius 1 is 1.20 bits per heavy atom. The Labute approximate surface area is 119 Å². The fourth-order valence-electron chi connectivity index (χ4n) is 2.06. The van der Waals surface area contributed by atoms with Crippen LogP contribution >= 0.6 is 11.6 Å². The van der Waals surface area contributed by atoms with Gasteiger partial charge >= 0.3 is 5.97 Å². The molecule has 2 N–H and O–H groups in total. The fourth-order valence-corrected chi connectivity index (χ4v) is 2.27. The highest BCUT2D eigenvalue weighted by molar-refractivity contribution is 6.34. The molecule has 106 valence electrons. The molecule has 1 aromatic carbocycles. The fraction of sp³-hybridized carbons (Fsp3) is 0.385. The molecule has 0 saturated heterocycles. The first-order valence-corrected chi connectivity index (χ1v) is 6.55. The van der Waals surface area contributed by atoms with E-state index in [2.05, 4.69) is 5.32 Å². The number of hydrogen-bond donors (Lipinski definition) is 2. The van der Waals surface area contributed by atoms with Crippen molar-refractivity contribution in [3.63, 3.8) is 0 Å². The second-order valence-electron chi connectivity index (χ2n) is 4.82. The summed E-state index contributed by atoms with van der Waals surface area (Å²) in [5, 5.41) is 11.9. The van der Waals surface area contributed by atoms with Crippen molar-refractivity contribution in [2.75, 3.05) is 18.5 Å². The monoisotopic (exact) mass is 297 g/mol. The Kier molecular flexibility index (Phi) is 2.97. The van der Waals surface area contributed by atoms with E-state index < -0.39 is 17.3 Å². The standard InChI is InChI=1S/C13H12ClNO5/c14-7-5-9-10(20-4-3-19-9)6-8(7)15-11(16)13(1-2-13)12(17)18/h5-6H,1-4H2,(H,15,16)(H,17,18). The van der Waals surface area contributed by atoms with Gasteiger partial charge in [-0.1, -0.05) is 11.6 Å². The van der Waals surface area contributed by atoms with Crippen LogP contribution in [0.3, 0.4) is 0 Å². The van der Waals surface area contributed by atoms with Gasteiger partial charge in [-0.25, -0.2) is 0 Å². The first kappa shape index (κ1) is 13.1. The molecule has 0 atom stereocenters. The normalized spacial score (nSPS) is 18.2. The van der Waals surface area contributed by atoms with Gasteiger partial charge in [0, 0.05) is 12.1 Å². The maximum Gasteiger partial charge on any atom is 0.319 e. The molecule has 1 fully saturated rings. The summed E-state index contributed by atoms with van der Waals surface area (Å²) in [6, 6.07) is 3.10. The van der Waals surface area contributed by atoms with Gasteiger partial charge in [0.15, 0.2) is 11.5 Å². The van der Waals surface area contributed by atoms with E-state index in [0.29, 0.717) is 43.2 Å². The van der Waals surface area contributed by atoms with Crippen LogP contribution in [0.1, 0.15) is 12.8 Å². The molecule has 1 heterocycles. The largest absolute Gasteiger partial charge is 0.486 e. The van der Waals surface area contributed by atoms with Gasteiger partial charge < -0.3 is 19.9 Å². The summed E-state index contributed by atoms with van der Waals surface area (Å²) in [7, 11) is 0. The van der Waals surface area contributed by atoms with Gasteiger partial charge in [0.25, 0.3) is 0 Å². The quantitative estimate of drug-likeness (QED) is 0.833. The van der Waals surface area contributed by atoms with Crippen LogP contribution in [0.15, 0.2) is 12.1 Å². The van der Waals surface area contributed by atoms with Gasteiger partial charge in [-0.3, -0.25) is 9.59 Å². The SMILES string of the molecule is O=C(O)C1(C(=O)Nc2cc3c(cc2Cl)OCCO3)CC1. The maximum absolute atomic E-state index is 12.0. The molecule has 1 amide bonds. The zero-order valence-corrected chi connectivity index (χ0v) is 11.2. The van der Waals surface area contributed by atoms with Crippen LogP contribution in [0.25, 0.3) is 0 Å². The van der Waals surface area contributed by atoms with Gasteiger partial charge in [-0.05, 0) is 12.8 Å². The summed E-state index contributed by atoms with van der Waals surface area (Å²) in [5.41, 5.74) is -0.982. The second-order valence-corrected chi connectivity index (χ2v) is 5.22. The molecule has 7 heteroatoms. The molecule has 0 aromatic heterocycles. The highest BCUT2D eigenvalue weighted by atomic mass is 35.5. The zero-order valence-electron chi connectivity index (χ0n) is 10.4. The minimum absolute atomic E-state index is 0.281. The molecule has 0 unspecified atom stereocenters. The lowest BCUT2D eigenvalue weighted by molar-refractivity contribution is -0.147. The van der Waals surface area contributed by atoms with Crippen molar-refractivity contribution in [2.45, 2.75) is 12.8 Å². The van der Waals surface area contributed by atoms with E-state index in [1.54, 1.807) is 12.1 Å². The minimum Gasteiger partial charge on any atom is -0.486 e. The summed E-state index contributed by atoms with van der Waals surface area (Å²) < 4.78 is 10.8.